The first-order valence-electron chi connectivity index (χ1n) is 6.71. The third kappa shape index (κ3) is 4.95. The molecule has 124 valence electrons. The van der Waals surface area contributed by atoms with Crippen LogP contribution in [0.4, 0.5) is 0 Å². The highest BCUT2D eigenvalue weighted by Gasteiger charge is 2.32. The third-order valence-electron chi connectivity index (χ3n) is 3.31. The largest absolute Gasteiger partial charge is 0.273 e. The van der Waals surface area contributed by atoms with Crippen molar-refractivity contribution in [1.82, 2.24) is 10.9 Å². The summed E-state index contributed by atoms with van der Waals surface area (Å²) < 4.78 is 22.6. The zero-order chi connectivity index (χ0) is 17.0. The Morgan fingerprint density at radius 1 is 1.17 bits per heavy atom. The van der Waals surface area contributed by atoms with Gasteiger partial charge in [0, 0.05) is 21.7 Å². The van der Waals surface area contributed by atoms with Gasteiger partial charge in [-0.3, -0.25) is 20.4 Å². The molecule has 0 spiro atoms. The fourth-order valence-electron chi connectivity index (χ4n) is 2.10. The molecule has 2 amide bonds. The number of carbonyl (C=O) groups is 2. The molecule has 0 saturated carbocycles. The number of hydrazine groups is 1. The molecule has 23 heavy (non-hydrogen) atoms. The monoisotopic (exact) mass is 376 g/mol. The van der Waals surface area contributed by atoms with Gasteiger partial charge in [-0.15, -0.1) is 0 Å². The molecule has 1 aromatic carbocycles. The van der Waals surface area contributed by atoms with Crippen LogP contribution in [-0.4, -0.2) is 31.7 Å². The number of amides is 2. The van der Waals surface area contributed by atoms with Crippen LogP contribution in [0.5, 0.6) is 0 Å². The molecule has 2 N–H and O–H groups in total. The Morgan fingerprint density at radius 3 is 2.39 bits per heavy atom. The Kier molecular flexibility index (Phi) is 5.67. The lowest BCUT2D eigenvalue weighted by molar-refractivity contribution is -0.129. The smallest absolute Gasteiger partial charge is 0.262 e. The SMILES string of the molecule is O=C(C=Cc1c(Cl)cccc1Cl)NNC(=O)C1CCS(=O)(=O)C1. The maximum absolute atomic E-state index is 11.8. The molecular formula is C14H14Cl2N2O4S. The summed E-state index contributed by atoms with van der Waals surface area (Å²) in [6, 6.07) is 4.94. The second-order valence-electron chi connectivity index (χ2n) is 5.05. The summed E-state index contributed by atoms with van der Waals surface area (Å²) in [5, 5.41) is 0.781. The topological polar surface area (TPSA) is 92.3 Å². The van der Waals surface area contributed by atoms with Crippen molar-refractivity contribution in [3.05, 3.63) is 39.9 Å². The highest BCUT2D eigenvalue weighted by Crippen LogP contribution is 2.25. The van der Waals surface area contributed by atoms with Crippen LogP contribution in [0, 0.1) is 5.92 Å². The molecule has 0 aliphatic carbocycles. The van der Waals surface area contributed by atoms with Gasteiger partial charge in [0.25, 0.3) is 5.91 Å². The summed E-state index contributed by atoms with van der Waals surface area (Å²) in [6.45, 7) is 0. The first-order valence-corrected chi connectivity index (χ1v) is 9.28. The molecule has 1 saturated heterocycles. The quantitative estimate of drug-likeness (QED) is 0.618. The molecule has 1 aromatic rings. The average Bonchev–Trinajstić information content (AvgIpc) is 2.84. The van der Waals surface area contributed by atoms with Crippen molar-refractivity contribution in [2.45, 2.75) is 6.42 Å². The van der Waals surface area contributed by atoms with Crippen molar-refractivity contribution in [2.24, 2.45) is 5.92 Å². The van der Waals surface area contributed by atoms with Crippen molar-refractivity contribution in [3.63, 3.8) is 0 Å². The Labute approximate surface area is 143 Å². The lowest BCUT2D eigenvalue weighted by Gasteiger charge is -2.09. The summed E-state index contributed by atoms with van der Waals surface area (Å²) in [5.74, 6) is -1.95. The van der Waals surface area contributed by atoms with Gasteiger partial charge in [-0.05, 0) is 24.6 Å². The van der Waals surface area contributed by atoms with Crippen molar-refractivity contribution in [2.75, 3.05) is 11.5 Å². The standard InChI is InChI=1S/C14H14Cl2N2O4S/c15-11-2-1-3-12(16)10(11)4-5-13(19)17-18-14(20)9-6-7-23(21,22)8-9/h1-5,9H,6-8H2,(H,17,19)(H,18,20). The number of halogens is 2. The predicted molar refractivity (Wildman–Crippen MR) is 88.5 cm³/mol. The molecule has 1 heterocycles. The van der Waals surface area contributed by atoms with Gasteiger partial charge >= 0.3 is 0 Å². The fraction of sp³-hybridized carbons (Fsp3) is 0.286. The molecule has 1 unspecified atom stereocenters. The number of benzene rings is 1. The first-order chi connectivity index (χ1) is 10.8. The highest BCUT2D eigenvalue weighted by molar-refractivity contribution is 7.91. The summed E-state index contributed by atoms with van der Waals surface area (Å²) in [5.41, 5.74) is 4.88. The van der Waals surface area contributed by atoms with Gasteiger partial charge in [0.2, 0.25) is 5.91 Å². The van der Waals surface area contributed by atoms with Gasteiger partial charge in [0.1, 0.15) is 0 Å². The highest BCUT2D eigenvalue weighted by atomic mass is 35.5. The first kappa shape index (κ1) is 17.8. The van der Waals surface area contributed by atoms with E-state index in [1.54, 1.807) is 18.2 Å². The van der Waals surface area contributed by atoms with Crippen LogP contribution in [0.25, 0.3) is 6.08 Å². The summed E-state index contributed by atoms with van der Waals surface area (Å²) in [4.78, 5) is 23.4. The molecule has 6 nitrogen and oxygen atoms in total. The van der Waals surface area contributed by atoms with Gasteiger partial charge in [-0.1, -0.05) is 29.3 Å². The zero-order valence-electron chi connectivity index (χ0n) is 11.9. The normalized spacial score (nSPS) is 19.7. The van der Waals surface area contributed by atoms with Gasteiger partial charge in [0.05, 0.1) is 17.4 Å². The lowest BCUT2D eigenvalue weighted by atomic mass is 10.1. The van der Waals surface area contributed by atoms with Crippen molar-refractivity contribution in [1.29, 1.82) is 0 Å². The van der Waals surface area contributed by atoms with Crippen LogP contribution in [0.2, 0.25) is 10.0 Å². The Balaban J connectivity index is 1.88. The number of carbonyl (C=O) groups excluding carboxylic acids is 2. The van der Waals surface area contributed by atoms with E-state index < -0.39 is 27.6 Å². The van der Waals surface area contributed by atoms with E-state index >= 15 is 0 Å². The Bertz CT molecular complexity index is 742. The van der Waals surface area contributed by atoms with Crippen LogP contribution in [0.1, 0.15) is 12.0 Å². The zero-order valence-corrected chi connectivity index (χ0v) is 14.2. The van der Waals surface area contributed by atoms with E-state index in [1.165, 1.54) is 12.2 Å². The third-order valence-corrected chi connectivity index (χ3v) is 5.74. The van der Waals surface area contributed by atoms with Gasteiger partial charge in [-0.2, -0.15) is 0 Å². The molecule has 0 bridgehead atoms. The summed E-state index contributed by atoms with van der Waals surface area (Å²) >= 11 is 11.9. The molecule has 0 aromatic heterocycles. The predicted octanol–water partition coefficient (Wildman–Crippen LogP) is 1.59. The van der Waals surface area contributed by atoms with Crippen molar-refractivity contribution in [3.8, 4) is 0 Å². The van der Waals surface area contributed by atoms with Crippen LogP contribution in [0.3, 0.4) is 0 Å². The van der Waals surface area contributed by atoms with E-state index in [9.17, 15) is 18.0 Å². The van der Waals surface area contributed by atoms with E-state index in [4.69, 9.17) is 23.2 Å². The van der Waals surface area contributed by atoms with E-state index in [2.05, 4.69) is 10.9 Å². The molecule has 0 radical (unpaired) electrons. The number of hydrogen-bond donors (Lipinski definition) is 2. The minimum absolute atomic E-state index is 0.00998. The number of hydrogen-bond acceptors (Lipinski definition) is 4. The fourth-order valence-corrected chi connectivity index (χ4v) is 4.36. The number of sulfone groups is 1. The number of nitrogens with one attached hydrogen (secondary N) is 2. The van der Waals surface area contributed by atoms with Crippen LogP contribution in [0.15, 0.2) is 24.3 Å². The van der Waals surface area contributed by atoms with E-state index in [-0.39, 0.29) is 17.9 Å². The summed E-state index contributed by atoms with van der Waals surface area (Å²) in [6.07, 6.45) is 2.85. The molecule has 1 aliphatic heterocycles. The Hall–Kier alpha value is -1.57. The molecule has 1 atom stereocenters. The molecule has 9 heteroatoms. The van der Waals surface area contributed by atoms with Crippen LogP contribution in [-0.2, 0) is 19.4 Å². The van der Waals surface area contributed by atoms with Crippen molar-refractivity contribution < 1.29 is 18.0 Å². The van der Waals surface area contributed by atoms with Gasteiger partial charge in [-0.25, -0.2) is 8.42 Å². The molecule has 1 aliphatic rings. The average molecular weight is 377 g/mol. The maximum atomic E-state index is 11.8. The molecule has 1 fully saturated rings. The second kappa shape index (κ2) is 7.33. The van der Waals surface area contributed by atoms with Crippen LogP contribution < -0.4 is 10.9 Å². The van der Waals surface area contributed by atoms with E-state index in [1.807, 2.05) is 0 Å². The van der Waals surface area contributed by atoms with Gasteiger partial charge < -0.3 is 0 Å². The Morgan fingerprint density at radius 2 is 1.83 bits per heavy atom. The summed E-state index contributed by atoms with van der Waals surface area (Å²) in [7, 11) is -3.15. The molecule has 2 rings (SSSR count). The maximum Gasteiger partial charge on any atom is 0.262 e. The van der Waals surface area contributed by atoms with Crippen molar-refractivity contribution >= 4 is 50.9 Å². The van der Waals surface area contributed by atoms with E-state index in [0.717, 1.165) is 0 Å². The van der Waals surface area contributed by atoms with E-state index in [0.29, 0.717) is 15.6 Å². The minimum Gasteiger partial charge on any atom is -0.273 e. The number of rotatable bonds is 3. The minimum atomic E-state index is -3.15. The lowest BCUT2D eigenvalue weighted by Crippen LogP contribution is -2.44. The van der Waals surface area contributed by atoms with Gasteiger partial charge in [0.15, 0.2) is 9.84 Å². The van der Waals surface area contributed by atoms with Crippen LogP contribution >= 0.6 is 23.2 Å². The molecular weight excluding hydrogens is 363 g/mol. The second-order valence-corrected chi connectivity index (χ2v) is 8.09.